The van der Waals surface area contributed by atoms with Crippen LogP contribution in [-0.4, -0.2) is 3.71 Å². The molecular formula is C40H47Cl2F3Zr-2. The summed E-state index contributed by atoms with van der Waals surface area (Å²) >= 11 is 1.18. The van der Waals surface area contributed by atoms with Crippen molar-refractivity contribution in [3.05, 3.63) is 123 Å². The van der Waals surface area contributed by atoms with Crippen LogP contribution in [-0.2, 0) is 53.1 Å². The maximum Gasteiger partial charge on any atom is -1.00 e. The molecule has 0 saturated carbocycles. The number of halogens is 5. The predicted molar refractivity (Wildman–Crippen MR) is 178 cm³/mol. The molecule has 0 aromatic heterocycles. The van der Waals surface area contributed by atoms with E-state index < -0.39 is 11.7 Å². The van der Waals surface area contributed by atoms with Gasteiger partial charge in [-0.2, -0.15) is 52.1 Å². The third-order valence-corrected chi connectivity index (χ3v) is 8.80. The Kier molecular flexibility index (Phi) is 14.7. The van der Waals surface area contributed by atoms with Crippen LogP contribution in [0.25, 0.3) is 11.1 Å². The van der Waals surface area contributed by atoms with E-state index in [1.54, 1.807) is 0 Å². The van der Waals surface area contributed by atoms with Gasteiger partial charge in [0.15, 0.2) is 0 Å². The molecule has 6 heteroatoms. The van der Waals surface area contributed by atoms with Gasteiger partial charge in [0.05, 0.1) is 0 Å². The molecule has 0 aliphatic heterocycles. The first-order valence-corrected chi connectivity index (χ1v) is 16.6. The first-order valence-electron chi connectivity index (χ1n) is 15.2. The van der Waals surface area contributed by atoms with Gasteiger partial charge in [0.1, 0.15) is 0 Å². The zero-order valence-corrected chi connectivity index (χ0v) is 33.0. The minimum absolute atomic E-state index is 0. The van der Waals surface area contributed by atoms with Crippen LogP contribution in [0.3, 0.4) is 0 Å². The Morgan fingerprint density at radius 3 is 1.63 bits per heavy atom. The van der Waals surface area contributed by atoms with Crippen LogP contribution < -0.4 is 24.8 Å². The summed E-state index contributed by atoms with van der Waals surface area (Å²) in [7, 11) is 0. The minimum atomic E-state index is -4.22. The molecule has 46 heavy (non-hydrogen) atoms. The summed E-state index contributed by atoms with van der Waals surface area (Å²) in [6.07, 6.45) is -3.20. The average molecular weight is 747 g/mol. The molecule has 1 aliphatic carbocycles. The monoisotopic (exact) mass is 744 g/mol. The van der Waals surface area contributed by atoms with E-state index in [1.165, 1.54) is 86.4 Å². The zero-order chi connectivity index (χ0) is 33.3. The smallest absolute Gasteiger partial charge is 1.00 e. The van der Waals surface area contributed by atoms with Crippen LogP contribution in [0.2, 0.25) is 0 Å². The van der Waals surface area contributed by atoms with Crippen molar-refractivity contribution in [2.75, 3.05) is 0 Å². The molecule has 0 unspecified atom stereocenters. The molecule has 0 radical (unpaired) electrons. The molecule has 0 fully saturated rings. The summed E-state index contributed by atoms with van der Waals surface area (Å²) in [4.78, 5) is 0. The number of hydrogen-bond donors (Lipinski definition) is 0. The Bertz CT molecular complexity index is 1530. The predicted octanol–water partition coefficient (Wildman–Crippen LogP) is 5.38. The van der Waals surface area contributed by atoms with E-state index in [2.05, 4.69) is 125 Å². The van der Waals surface area contributed by atoms with E-state index in [4.69, 9.17) is 0 Å². The van der Waals surface area contributed by atoms with Crippen molar-refractivity contribution in [2.45, 2.75) is 105 Å². The number of benzene rings is 3. The van der Waals surface area contributed by atoms with Crippen molar-refractivity contribution in [1.29, 1.82) is 0 Å². The number of rotatable bonds is 1. The second-order valence-electron chi connectivity index (χ2n) is 15.0. The van der Waals surface area contributed by atoms with Gasteiger partial charge in [-0.1, -0.05) is 116 Å². The van der Waals surface area contributed by atoms with Crippen LogP contribution in [0.5, 0.6) is 0 Å². The molecule has 0 nitrogen and oxygen atoms in total. The van der Waals surface area contributed by atoms with Gasteiger partial charge in [0.25, 0.3) is 0 Å². The van der Waals surface area contributed by atoms with Gasteiger partial charge in [-0.05, 0) is 17.4 Å². The quantitative estimate of drug-likeness (QED) is 0.202. The van der Waals surface area contributed by atoms with Crippen LogP contribution in [0.1, 0.15) is 112 Å². The first-order chi connectivity index (χ1) is 20.1. The summed E-state index contributed by atoms with van der Waals surface area (Å²) in [6.45, 7) is 24.8. The molecule has 0 bridgehead atoms. The van der Waals surface area contributed by atoms with Crippen molar-refractivity contribution in [1.82, 2.24) is 0 Å². The van der Waals surface area contributed by atoms with E-state index in [0.717, 1.165) is 24.1 Å². The minimum Gasteiger partial charge on any atom is -1.00 e. The summed E-state index contributed by atoms with van der Waals surface area (Å²) in [5.41, 5.74) is 13.6. The van der Waals surface area contributed by atoms with Gasteiger partial charge >= 0.3 is 82.7 Å². The normalized spacial score (nSPS) is 12.3. The number of hydrogen-bond acceptors (Lipinski definition) is 0. The van der Waals surface area contributed by atoms with E-state index in [9.17, 15) is 13.2 Å². The molecule has 0 atom stereocenters. The Morgan fingerprint density at radius 2 is 1.22 bits per heavy atom. The molecule has 0 N–H and O–H groups in total. The van der Waals surface area contributed by atoms with Crippen LogP contribution in [0.15, 0.2) is 66.7 Å². The molecule has 0 amide bonds. The molecule has 0 spiro atoms. The SMILES string of the molecule is CC(C)(C)c1c[c-]c2c(c1)-c1cc(C(C)(C)C)ccc1C2.Cc1cc(C(C)(C)C)c(C)[cH-]1.FC(F)(F)c1ccc([CH]=[Zr+2])cc1.[Cl-].[Cl-]. The Balaban J connectivity index is 0.000000365. The molecule has 1 aliphatic rings. The largest absolute Gasteiger partial charge is 1.00 e. The van der Waals surface area contributed by atoms with Gasteiger partial charge in [-0.3, -0.25) is 0 Å². The third kappa shape index (κ3) is 11.1. The fraction of sp³-hybridized carbons (Fsp3) is 0.400. The van der Waals surface area contributed by atoms with Gasteiger partial charge < -0.3 is 24.8 Å². The topological polar surface area (TPSA) is 0 Å². The average Bonchev–Trinajstić information content (AvgIpc) is 3.45. The van der Waals surface area contributed by atoms with E-state index >= 15 is 0 Å². The second-order valence-corrected chi connectivity index (χ2v) is 15.7. The Morgan fingerprint density at radius 1 is 0.696 bits per heavy atom. The number of fused-ring (bicyclic) bond motifs is 3. The maximum absolute atomic E-state index is 12.0. The third-order valence-electron chi connectivity index (χ3n) is 7.98. The van der Waals surface area contributed by atoms with Crippen LogP contribution in [0.4, 0.5) is 13.2 Å². The molecule has 248 valence electrons. The van der Waals surface area contributed by atoms with Crippen molar-refractivity contribution in [2.24, 2.45) is 0 Å². The second kappa shape index (κ2) is 16.0. The van der Waals surface area contributed by atoms with Crippen LogP contribution in [0, 0.1) is 19.9 Å². The van der Waals surface area contributed by atoms with Gasteiger partial charge in [-0.15, -0.1) is 5.56 Å². The Labute approximate surface area is 303 Å². The molecule has 4 aromatic rings. The van der Waals surface area contributed by atoms with Crippen molar-refractivity contribution in [3.63, 3.8) is 0 Å². The van der Waals surface area contributed by atoms with E-state index in [-0.39, 0.29) is 35.6 Å². The molecule has 5 rings (SSSR count). The summed E-state index contributed by atoms with van der Waals surface area (Å²) < 4.78 is 37.9. The van der Waals surface area contributed by atoms with Gasteiger partial charge in [-0.25, -0.2) is 6.07 Å². The zero-order valence-electron chi connectivity index (χ0n) is 29.0. The van der Waals surface area contributed by atoms with Crippen molar-refractivity contribution < 1.29 is 62.2 Å². The van der Waals surface area contributed by atoms with E-state index in [0.29, 0.717) is 5.41 Å². The van der Waals surface area contributed by atoms with Crippen molar-refractivity contribution in [3.8, 4) is 11.1 Å². The van der Waals surface area contributed by atoms with E-state index in [1.807, 2.05) is 3.71 Å². The Hall–Kier alpha value is -1.87. The van der Waals surface area contributed by atoms with Crippen LogP contribution >= 0.6 is 0 Å². The van der Waals surface area contributed by atoms with Crippen molar-refractivity contribution >= 4 is 3.71 Å². The maximum atomic E-state index is 12.0. The van der Waals surface area contributed by atoms with Gasteiger partial charge in [0, 0.05) is 0 Å². The molecule has 0 heterocycles. The molecule has 0 saturated heterocycles. The fourth-order valence-electron chi connectivity index (χ4n) is 5.36. The first kappa shape index (κ1) is 42.2. The fourth-order valence-corrected chi connectivity index (χ4v) is 5.84. The summed E-state index contributed by atoms with van der Waals surface area (Å²) in [5.74, 6) is 0. The molecular weight excluding hydrogens is 700 g/mol. The summed E-state index contributed by atoms with van der Waals surface area (Å²) in [5, 5.41) is 0. The standard InChI is InChI=1S/C21H25.C11H17.C8H5F3.2ClH.Zr/c1-20(2,3)16-9-7-14-11-15-8-10-17(21(4,5)6)13-19(15)18(14)12-16;1-8-6-9(2)10(7-8)11(3,4)5;1-6-2-4-7(5-3-6)8(9,10)11;;;/h7,9-10,12-13H,11H2,1-6H3;6-7H,1-5H3;1-5H;2*1H;/q2*-1;;;;+2/p-2. The molecule has 4 aromatic carbocycles. The van der Waals surface area contributed by atoms with Gasteiger partial charge in [0.2, 0.25) is 0 Å². The number of alkyl halides is 3. The number of aryl methyl sites for hydroxylation is 2. The summed E-state index contributed by atoms with van der Waals surface area (Å²) in [6, 6.07) is 24.7.